The van der Waals surface area contributed by atoms with Gasteiger partial charge in [0, 0.05) is 0 Å². The van der Waals surface area contributed by atoms with E-state index in [2.05, 4.69) is 20.8 Å². The first-order chi connectivity index (χ1) is 10.2. The molecule has 0 heterocycles. The number of hydrogen-bond donors (Lipinski definition) is 0. The van der Waals surface area contributed by atoms with Crippen LogP contribution >= 0.6 is 0 Å². The molecule has 0 amide bonds. The Bertz CT molecular complexity index is 269. The van der Waals surface area contributed by atoms with Crippen LogP contribution in [-0.4, -0.2) is 0 Å². The minimum atomic E-state index is 1.01. The third-order valence-corrected chi connectivity index (χ3v) is 6.63. The van der Waals surface area contributed by atoms with E-state index in [9.17, 15) is 0 Å². The fourth-order valence-corrected chi connectivity index (χ4v) is 5.55. The maximum atomic E-state index is 2.59. The molecule has 5 atom stereocenters. The zero-order chi connectivity index (χ0) is 15.1. The maximum Gasteiger partial charge on any atom is -0.0357 e. The highest BCUT2D eigenvalue weighted by Gasteiger charge is 2.36. The van der Waals surface area contributed by atoms with Crippen molar-refractivity contribution >= 4 is 0 Å². The van der Waals surface area contributed by atoms with E-state index in [1.807, 2.05) is 0 Å². The Morgan fingerprint density at radius 2 is 1.57 bits per heavy atom. The number of hydrogen-bond acceptors (Lipinski definition) is 0. The SMILES string of the molecule is CCCCCC1CC(C)C2CC(CCC)CCCCC2C1. The van der Waals surface area contributed by atoms with Crippen molar-refractivity contribution < 1.29 is 0 Å². The average molecular weight is 293 g/mol. The topological polar surface area (TPSA) is 0 Å². The second kappa shape index (κ2) is 9.21. The van der Waals surface area contributed by atoms with Gasteiger partial charge in [0.25, 0.3) is 0 Å². The molecule has 124 valence electrons. The Morgan fingerprint density at radius 1 is 0.762 bits per heavy atom. The average Bonchev–Trinajstić information content (AvgIpc) is 2.44. The van der Waals surface area contributed by atoms with Crippen molar-refractivity contribution in [1.82, 2.24) is 0 Å². The Labute approximate surface area is 134 Å². The lowest BCUT2D eigenvalue weighted by Crippen LogP contribution is -2.34. The van der Waals surface area contributed by atoms with Gasteiger partial charge in [-0.1, -0.05) is 85.0 Å². The van der Waals surface area contributed by atoms with E-state index in [0.717, 1.165) is 29.6 Å². The predicted molar refractivity (Wildman–Crippen MR) is 94.5 cm³/mol. The van der Waals surface area contributed by atoms with E-state index in [4.69, 9.17) is 0 Å². The summed E-state index contributed by atoms with van der Waals surface area (Å²) in [4.78, 5) is 0. The van der Waals surface area contributed by atoms with Gasteiger partial charge in [-0.2, -0.15) is 0 Å². The molecule has 0 spiro atoms. The van der Waals surface area contributed by atoms with Crippen LogP contribution in [0.2, 0.25) is 0 Å². The van der Waals surface area contributed by atoms with Crippen molar-refractivity contribution in [2.24, 2.45) is 29.6 Å². The highest BCUT2D eigenvalue weighted by atomic mass is 14.4. The summed E-state index contributed by atoms with van der Waals surface area (Å²) in [6.45, 7) is 7.31. The van der Waals surface area contributed by atoms with E-state index in [1.54, 1.807) is 25.7 Å². The lowest BCUT2D eigenvalue weighted by molar-refractivity contribution is 0.0683. The lowest BCUT2D eigenvalue weighted by Gasteiger charge is -2.44. The highest BCUT2D eigenvalue weighted by Crippen LogP contribution is 2.47. The zero-order valence-corrected chi connectivity index (χ0v) is 15.1. The molecule has 2 fully saturated rings. The summed E-state index contributed by atoms with van der Waals surface area (Å²) in [5, 5.41) is 0. The molecule has 2 rings (SSSR count). The fraction of sp³-hybridized carbons (Fsp3) is 1.00. The maximum absolute atomic E-state index is 2.59. The van der Waals surface area contributed by atoms with Crippen molar-refractivity contribution in [3.8, 4) is 0 Å². The monoisotopic (exact) mass is 292 g/mol. The molecule has 2 saturated carbocycles. The van der Waals surface area contributed by atoms with Gasteiger partial charge in [-0.05, 0) is 48.9 Å². The van der Waals surface area contributed by atoms with Crippen LogP contribution in [0.4, 0.5) is 0 Å². The number of fused-ring (bicyclic) bond motifs is 1. The van der Waals surface area contributed by atoms with Gasteiger partial charge < -0.3 is 0 Å². The first kappa shape index (κ1) is 17.4. The summed E-state index contributed by atoms with van der Waals surface area (Å²) in [6, 6.07) is 0. The summed E-state index contributed by atoms with van der Waals surface area (Å²) in [7, 11) is 0. The minimum Gasteiger partial charge on any atom is -0.0654 e. The molecule has 0 nitrogen and oxygen atoms in total. The van der Waals surface area contributed by atoms with Crippen molar-refractivity contribution in [1.29, 1.82) is 0 Å². The molecule has 0 saturated heterocycles. The van der Waals surface area contributed by atoms with Gasteiger partial charge in [0.05, 0.1) is 0 Å². The molecule has 0 heteroatoms. The van der Waals surface area contributed by atoms with Crippen LogP contribution in [-0.2, 0) is 0 Å². The van der Waals surface area contributed by atoms with Crippen LogP contribution in [0, 0.1) is 29.6 Å². The molecule has 0 bridgehead atoms. The van der Waals surface area contributed by atoms with Gasteiger partial charge in [-0.25, -0.2) is 0 Å². The Kier molecular flexibility index (Phi) is 7.61. The lowest BCUT2D eigenvalue weighted by atomic mass is 9.62. The molecular formula is C21H40. The van der Waals surface area contributed by atoms with Crippen molar-refractivity contribution in [2.45, 2.75) is 104 Å². The van der Waals surface area contributed by atoms with Gasteiger partial charge in [-0.3, -0.25) is 0 Å². The molecule has 2 aliphatic rings. The first-order valence-electron chi connectivity index (χ1n) is 10.2. The third-order valence-electron chi connectivity index (χ3n) is 6.63. The first-order valence-corrected chi connectivity index (χ1v) is 10.2. The number of rotatable bonds is 6. The van der Waals surface area contributed by atoms with Crippen LogP contribution in [0.1, 0.15) is 104 Å². The van der Waals surface area contributed by atoms with Gasteiger partial charge in [-0.15, -0.1) is 0 Å². The summed E-state index contributed by atoms with van der Waals surface area (Å²) >= 11 is 0. The van der Waals surface area contributed by atoms with Gasteiger partial charge in [0.1, 0.15) is 0 Å². The zero-order valence-electron chi connectivity index (χ0n) is 15.1. The standard InChI is InChI=1S/C21H40/c1-4-6-7-12-19-14-17(3)21-16-18(10-5-2)11-8-9-13-20(21)15-19/h17-21H,4-16H2,1-3H3. The van der Waals surface area contributed by atoms with Crippen LogP contribution < -0.4 is 0 Å². The van der Waals surface area contributed by atoms with Crippen LogP contribution in [0.25, 0.3) is 0 Å². The smallest absolute Gasteiger partial charge is 0.0357 e. The second-order valence-corrected chi connectivity index (χ2v) is 8.41. The van der Waals surface area contributed by atoms with Crippen LogP contribution in [0.3, 0.4) is 0 Å². The van der Waals surface area contributed by atoms with E-state index < -0.39 is 0 Å². The van der Waals surface area contributed by atoms with E-state index in [1.165, 1.54) is 57.8 Å². The Balaban J connectivity index is 1.90. The van der Waals surface area contributed by atoms with Gasteiger partial charge >= 0.3 is 0 Å². The minimum absolute atomic E-state index is 1.01. The van der Waals surface area contributed by atoms with E-state index >= 15 is 0 Å². The van der Waals surface area contributed by atoms with Gasteiger partial charge in [0.2, 0.25) is 0 Å². The molecule has 0 aliphatic heterocycles. The Hall–Kier alpha value is 0. The van der Waals surface area contributed by atoms with Crippen LogP contribution in [0.5, 0.6) is 0 Å². The molecule has 0 radical (unpaired) electrons. The fourth-order valence-electron chi connectivity index (χ4n) is 5.55. The second-order valence-electron chi connectivity index (χ2n) is 8.41. The highest BCUT2D eigenvalue weighted by molar-refractivity contribution is 4.87. The van der Waals surface area contributed by atoms with E-state index in [-0.39, 0.29) is 0 Å². The molecule has 0 N–H and O–H groups in total. The molecule has 5 unspecified atom stereocenters. The normalized spacial score (nSPS) is 37.6. The van der Waals surface area contributed by atoms with Crippen LogP contribution in [0.15, 0.2) is 0 Å². The molecule has 0 aromatic carbocycles. The summed E-state index contributed by atoms with van der Waals surface area (Å²) < 4.78 is 0. The molecule has 21 heavy (non-hydrogen) atoms. The quantitative estimate of drug-likeness (QED) is 0.453. The largest absolute Gasteiger partial charge is 0.0654 e. The summed E-state index contributed by atoms with van der Waals surface area (Å²) in [5.41, 5.74) is 0. The van der Waals surface area contributed by atoms with Crippen molar-refractivity contribution in [2.75, 3.05) is 0 Å². The van der Waals surface area contributed by atoms with Gasteiger partial charge in [0.15, 0.2) is 0 Å². The molecule has 0 aromatic heterocycles. The summed E-state index contributed by atoms with van der Waals surface area (Å²) in [5.74, 6) is 5.29. The Morgan fingerprint density at radius 3 is 2.33 bits per heavy atom. The summed E-state index contributed by atoms with van der Waals surface area (Å²) in [6.07, 6.45) is 19.6. The third kappa shape index (κ3) is 5.29. The predicted octanol–water partition coefficient (Wildman–Crippen LogP) is 7.23. The van der Waals surface area contributed by atoms with Crippen molar-refractivity contribution in [3.63, 3.8) is 0 Å². The number of unbranched alkanes of at least 4 members (excludes halogenated alkanes) is 2. The van der Waals surface area contributed by atoms with Crippen molar-refractivity contribution in [3.05, 3.63) is 0 Å². The molecule has 0 aromatic rings. The molecular weight excluding hydrogens is 252 g/mol. The molecule has 2 aliphatic carbocycles. The van der Waals surface area contributed by atoms with E-state index in [0.29, 0.717) is 0 Å².